The summed E-state index contributed by atoms with van der Waals surface area (Å²) in [6.45, 7) is 11.7. The Labute approximate surface area is 64.0 Å². The number of rotatable bonds is 4. The van der Waals surface area contributed by atoms with E-state index in [9.17, 15) is 0 Å². The summed E-state index contributed by atoms with van der Waals surface area (Å²) in [5.74, 6) is 0. The molecule has 64 valence electrons. The fraction of sp³-hybridized carbons (Fsp3) is 1.00. The standard InChI is InChI=1S/C7H19O2P/c1-6-8-10(3,4,5)9-7-2/h6-7H2,1-5H3. The van der Waals surface area contributed by atoms with Crippen molar-refractivity contribution in [2.24, 2.45) is 0 Å². The zero-order valence-electron chi connectivity index (χ0n) is 7.68. The molecule has 0 radical (unpaired) electrons. The van der Waals surface area contributed by atoms with Crippen LogP contribution in [0.4, 0.5) is 0 Å². The Bertz CT molecular complexity index is 93.9. The van der Waals surface area contributed by atoms with Crippen molar-refractivity contribution in [2.45, 2.75) is 13.8 Å². The SMILES string of the molecule is CCOP(C)(C)(C)OCC. The molecule has 0 fully saturated rings. The Morgan fingerprint density at radius 1 is 0.900 bits per heavy atom. The van der Waals surface area contributed by atoms with E-state index in [2.05, 4.69) is 20.0 Å². The van der Waals surface area contributed by atoms with Gasteiger partial charge in [0, 0.05) is 0 Å². The van der Waals surface area contributed by atoms with Crippen molar-refractivity contribution >= 4 is 7.06 Å². The van der Waals surface area contributed by atoms with Crippen LogP contribution < -0.4 is 0 Å². The summed E-state index contributed by atoms with van der Waals surface area (Å²) in [4.78, 5) is 0. The van der Waals surface area contributed by atoms with Gasteiger partial charge in [0.15, 0.2) is 0 Å². The van der Waals surface area contributed by atoms with Gasteiger partial charge in [-0.15, -0.1) is 0 Å². The maximum atomic E-state index is 5.57. The van der Waals surface area contributed by atoms with E-state index >= 15 is 0 Å². The third kappa shape index (κ3) is 4.21. The molecule has 0 amide bonds. The van der Waals surface area contributed by atoms with E-state index in [-0.39, 0.29) is 0 Å². The fourth-order valence-corrected chi connectivity index (χ4v) is 2.75. The first-order valence-electron chi connectivity index (χ1n) is 3.70. The molecule has 0 bridgehead atoms. The van der Waals surface area contributed by atoms with Gasteiger partial charge >= 0.3 is 63.2 Å². The van der Waals surface area contributed by atoms with Gasteiger partial charge in [-0.05, 0) is 0 Å². The normalized spacial score (nSPS) is 16.3. The summed E-state index contributed by atoms with van der Waals surface area (Å²) in [7, 11) is -2.16. The van der Waals surface area contributed by atoms with Gasteiger partial charge in [-0.2, -0.15) is 0 Å². The summed E-state index contributed by atoms with van der Waals surface area (Å²) < 4.78 is 11.1. The molecule has 0 aromatic rings. The summed E-state index contributed by atoms with van der Waals surface area (Å²) >= 11 is 0. The third-order valence-corrected chi connectivity index (χ3v) is 3.41. The van der Waals surface area contributed by atoms with Crippen LogP contribution in [-0.2, 0) is 9.05 Å². The van der Waals surface area contributed by atoms with Gasteiger partial charge in [0.1, 0.15) is 0 Å². The van der Waals surface area contributed by atoms with Crippen LogP contribution in [0.1, 0.15) is 13.8 Å². The van der Waals surface area contributed by atoms with Gasteiger partial charge in [-0.3, -0.25) is 0 Å². The Kier molecular flexibility index (Phi) is 3.28. The second-order valence-electron chi connectivity index (χ2n) is 3.35. The van der Waals surface area contributed by atoms with Crippen molar-refractivity contribution < 1.29 is 9.05 Å². The average Bonchev–Trinajstić information content (AvgIpc) is 1.61. The van der Waals surface area contributed by atoms with Crippen molar-refractivity contribution in [2.75, 3.05) is 33.2 Å². The molecule has 0 unspecified atom stereocenters. The molecular weight excluding hydrogens is 147 g/mol. The molecule has 0 N–H and O–H groups in total. The van der Waals surface area contributed by atoms with Crippen molar-refractivity contribution in [3.63, 3.8) is 0 Å². The van der Waals surface area contributed by atoms with E-state index in [1.54, 1.807) is 0 Å². The Hall–Kier alpha value is 0.350. The van der Waals surface area contributed by atoms with E-state index in [4.69, 9.17) is 9.05 Å². The molecule has 0 saturated heterocycles. The van der Waals surface area contributed by atoms with Gasteiger partial charge < -0.3 is 0 Å². The molecule has 0 spiro atoms. The molecule has 2 nitrogen and oxygen atoms in total. The number of hydrogen-bond donors (Lipinski definition) is 0. The van der Waals surface area contributed by atoms with E-state index in [1.807, 2.05) is 13.8 Å². The van der Waals surface area contributed by atoms with Crippen molar-refractivity contribution in [1.29, 1.82) is 0 Å². The van der Waals surface area contributed by atoms with Gasteiger partial charge in [-0.1, -0.05) is 0 Å². The minimum absolute atomic E-state index is 0.737. The zero-order chi connectivity index (χ0) is 8.28. The zero-order valence-corrected chi connectivity index (χ0v) is 8.57. The van der Waals surface area contributed by atoms with E-state index in [0.717, 1.165) is 13.2 Å². The van der Waals surface area contributed by atoms with Gasteiger partial charge in [0.2, 0.25) is 0 Å². The molecule has 0 aliphatic rings. The Balaban J connectivity index is 3.97. The summed E-state index contributed by atoms with van der Waals surface area (Å²) in [6, 6.07) is 0. The topological polar surface area (TPSA) is 18.5 Å². The molecule has 10 heavy (non-hydrogen) atoms. The molecule has 0 aliphatic heterocycles. The molecule has 0 aromatic carbocycles. The molecule has 3 heteroatoms. The van der Waals surface area contributed by atoms with Gasteiger partial charge in [0.05, 0.1) is 0 Å². The Morgan fingerprint density at radius 3 is 1.40 bits per heavy atom. The van der Waals surface area contributed by atoms with Gasteiger partial charge in [-0.25, -0.2) is 0 Å². The van der Waals surface area contributed by atoms with Crippen LogP contribution in [0.5, 0.6) is 0 Å². The van der Waals surface area contributed by atoms with E-state index in [0.29, 0.717) is 0 Å². The molecule has 0 saturated carbocycles. The third-order valence-electron chi connectivity index (χ3n) is 1.14. The average molecular weight is 166 g/mol. The molecule has 0 heterocycles. The summed E-state index contributed by atoms with van der Waals surface area (Å²) in [6.07, 6.45) is 0. The van der Waals surface area contributed by atoms with E-state index in [1.165, 1.54) is 0 Å². The maximum absolute atomic E-state index is 5.57. The van der Waals surface area contributed by atoms with Crippen LogP contribution in [0.3, 0.4) is 0 Å². The predicted octanol–water partition coefficient (Wildman–Crippen LogP) is 2.33. The first-order chi connectivity index (χ1) is 4.39. The summed E-state index contributed by atoms with van der Waals surface area (Å²) in [5, 5.41) is 0. The molecule has 0 aliphatic carbocycles. The molecular formula is C7H19O2P. The van der Waals surface area contributed by atoms with E-state index < -0.39 is 7.06 Å². The minimum atomic E-state index is -2.16. The quantitative estimate of drug-likeness (QED) is 0.597. The van der Waals surface area contributed by atoms with Crippen LogP contribution in [-0.4, -0.2) is 33.2 Å². The molecule has 0 atom stereocenters. The monoisotopic (exact) mass is 166 g/mol. The predicted molar refractivity (Wildman–Crippen MR) is 47.9 cm³/mol. The first-order valence-corrected chi connectivity index (χ1v) is 7.11. The van der Waals surface area contributed by atoms with Crippen LogP contribution in [0.2, 0.25) is 0 Å². The van der Waals surface area contributed by atoms with Crippen LogP contribution >= 0.6 is 7.06 Å². The number of hydrogen-bond acceptors (Lipinski definition) is 2. The van der Waals surface area contributed by atoms with Crippen LogP contribution in [0.25, 0.3) is 0 Å². The van der Waals surface area contributed by atoms with Gasteiger partial charge in [0.25, 0.3) is 0 Å². The van der Waals surface area contributed by atoms with Crippen molar-refractivity contribution in [1.82, 2.24) is 0 Å². The second-order valence-corrected chi connectivity index (χ2v) is 8.89. The second kappa shape index (κ2) is 3.17. The van der Waals surface area contributed by atoms with Crippen LogP contribution in [0.15, 0.2) is 0 Å². The van der Waals surface area contributed by atoms with Crippen molar-refractivity contribution in [3.8, 4) is 0 Å². The fourth-order valence-electron chi connectivity index (χ4n) is 0.917. The Morgan fingerprint density at radius 2 is 1.20 bits per heavy atom. The van der Waals surface area contributed by atoms with Crippen molar-refractivity contribution in [3.05, 3.63) is 0 Å². The summed E-state index contributed by atoms with van der Waals surface area (Å²) in [5.41, 5.74) is 0. The first kappa shape index (κ1) is 10.3. The van der Waals surface area contributed by atoms with Crippen LogP contribution in [0, 0.1) is 0 Å². The molecule has 0 rings (SSSR count). The molecule has 0 aromatic heterocycles.